The molecule has 0 bridgehead atoms. The number of carbonyl (C=O) groups excluding carboxylic acids is 3. The molecule has 2 fully saturated rings. The zero-order valence-corrected chi connectivity index (χ0v) is 35.7. The Morgan fingerprint density at radius 3 is 1.50 bits per heavy atom. The van der Waals surface area contributed by atoms with Crippen molar-refractivity contribution in [2.24, 2.45) is 11.8 Å². The third kappa shape index (κ3) is 13.7. The first-order chi connectivity index (χ1) is 29.2. The van der Waals surface area contributed by atoms with E-state index in [1.807, 2.05) is 18.2 Å². The SMILES string of the molecule is CCOC(=O)[C@H](Cc1cccc2c1CCCC2)NC(=O)[C@@H](NCB=O)C1CCCCC1.O=BCN[C@H](C(=O)N[C@@H](Cc1cccc2c1CCCC2)C(=O)O)C1CCCCC1. The number of benzene rings is 2. The number of carbonyl (C=O) groups is 4. The molecule has 6 rings (SSSR count). The van der Waals surface area contributed by atoms with Gasteiger partial charge in [-0.15, -0.1) is 0 Å². The van der Waals surface area contributed by atoms with E-state index >= 15 is 0 Å². The average Bonchev–Trinajstić information content (AvgIpc) is 3.27. The van der Waals surface area contributed by atoms with Crippen molar-refractivity contribution in [1.82, 2.24) is 21.3 Å². The Morgan fingerprint density at radius 1 is 0.633 bits per heavy atom. The minimum atomic E-state index is -1.02. The molecule has 2 amide bonds. The van der Waals surface area contributed by atoms with E-state index in [9.17, 15) is 33.7 Å². The maximum atomic E-state index is 13.2. The summed E-state index contributed by atoms with van der Waals surface area (Å²) in [7, 11) is 1.52. The summed E-state index contributed by atoms with van der Waals surface area (Å²) in [5.74, 6) is -1.62. The van der Waals surface area contributed by atoms with Gasteiger partial charge in [0.1, 0.15) is 0 Å². The molecule has 324 valence electrons. The number of amides is 2. The van der Waals surface area contributed by atoms with Crippen molar-refractivity contribution >= 4 is 38.1 Å². The van der Waals surface area contributed by atoms with Crippen LogP contribution in [0.4, 0.5) is 0 Å². The topological polar surface area (TPSA) is 180 Å². The van der Waals surface area contributed by atoms with E-state index in [4.69, 9.17) is 4.74 Å². The molecule has 5 N–H and O–H groups in total. The predicted molar refractivity (Wildman–Crippen MR) is 231 cm³/mol. The molecule has 2 aromatic rings. The second-order valence-corrected chi connectivity index (χ2v) is 17.0. The molecule has 0 saturated heterocycles. The summed E-state index contributed by atoms with van der Waals surface area (Å²) in [6, 6.07) is 9.66. The molecule has 4 aliphatic rings. The summed E-state index contributed by atoms with van der Waals surface area (Å²) >= 11 is 0. The van der Waals surface area contributed by atoms with Crippen LogP contribution in [0.5, 0.6) is 0 Å². The molecule has 0 aliphatic heterocycles. The molecule has 4 atom stereocenters. The van der Waals surface area contributed by atoms with Crippen LogP contribution < -0.4 is 21.3 Å². The van der Waals surface area contributed by atoms with Crippen LogP contribution in [-0.2, 0) is 71.8 Å². The van der Waals surface area contributed by atoms with Crippen LogP contribution in [0.15, 0.2) is 36.4 Å². The minimum absolute atomic E-state index is 0.0958. The number of fused-ring (bicyclic) bond motifs is 2. The fourth-order valence-corrected chi connectivity index (χ4v) is 9.93. The van der Waals surface area contributed by atoms with Crippen molar-refractivity contribution in [1.29, 1.82) is 0 Å². The fraction of sp³-hybridized carbons (Fsp3) is 0.652. The van der Waals surface area contributed by atoms with Gasteiger partial charge in [-0.05, 0) is 0 Å². The Kier molecular flexibility index (Phi) is 19.6. The molecule has 0 radical (unpaired) electrons. The first kappa shape index (κ1) is 47.0. The van der Waals surface area contributed by atoms with Crippen molar-refractivity contribution < 1.29 is 38.4 Å². The predicted octanol–water partition coefficient (Wildman–Crippen LogP) is 4.92. The van der Waals surface area contributed by atoms with Crippen LogP contribution in [0.1, 0.15) is 130 Å². The molecule has 14 heteroatoms. The van der Waals surface area contributed by atoms with Gasteiger partial charge in [0.05, 0.1) is 0 Å². The standard InChI is InChI=1S/C24H35BN2O4.C22H31BN2O4/c1-2-31-24(29)21(15-19-13-8-12-17-9-6-7-14-20(17)19)27-23(28)22(26-16-25-30)18-10-4-3-5-11-18;26-21(20(24-14-23-29)16-8-2-1-3-9-16)25-19(22(27)28)13-17-11-6-10-15-7-4-5-12-18(15)17/h8,12-13,18,21-22,26H,2-7,9-11,14-16H2,1H3,(H,27,28);6,10-11,16,19-20,24H,1-5,7-9,12-14H2,(H,25,26)(H,27,28)/t21-,22-;19-,20-/m00/s1. The molecular formula is C46H66B2N4O8. The Labute approximate surface area is 357 Å². The number of carboxylic acids is 1. The Hall–Kier alpha value is -4.03. The first-order valence-corrected chi connectivity index (χ1v) is 22.8. The third-order valence-corrected chi connectivity index (χ3v) is 13.0. The summed E-state index contributed by atoms with van der Waals surface area (Å²) in [4.78, 5) is 50.9. The van der Waals surface area contributed by atoms with E-state index in [1.165, 1.54) is 41.5 Å². The van der Waals surface area contributed by atoms with E-state index in [2.05, 4.69) is 39.5 Å². The van der Waals surface area contributed by atoms with E-state index in [1.54, 1.807) is 6.92 Å². The van der Waals surface area contributed by atoms with Gasteiger partial charge in [-0.1, -0.05) is 0 Å². The second kappa shape index (κ2) is 25.0. The Balaban J connectivity index is 0.000000228. The monoisotopic (exact) mass is 825 g/mol. The van der Waals surface area contributed by atoms with Crippen LogP contribution in [0, 0.1) is 11.8 Å². The summed E-state index contributed by atoms with van der Waals surface area (Å²) in [6.45, 7) is 2.05. The van der Waals surface area contributed by atoms with Gasteiger partial charge >= 0.3 is 358 Å². The van der Waals surface area contributed by atoms with Gasteiger partial charge in [0.25, 0.3) is 0 Å². The summed E-state index contributed by atoms with van der Waals surface area (Å²) in [5.41, 5.74) is 7.36. The van der Waals surface area contributed by atoms with Crippen LogP contribution >= 0.6 is 0 Å². The van der Waals surface area contributed by atoms with Gasteiger partial charge in [0.2, 0.25) is 0 Å². The van der Waals surface area contributed by atoms with Crippen LogP contribution in [0.25, 0.3) is 0 Å². The van der Waals surface area contributed by atoms with E-state index in [-0.39, 0.29) is 49.6 Å². The number of ether oxygens (including phenoxy) is 1. The van der Waals surface area contributed by atoms with Crippen LogP contribution in [0.2, 0.25) is 0 Å². The quantitative estimate of drug-likeness (QED) is 0.0965. The zero-order valence-electron chi connectivity index (χ0n) is 35.7. The number of aryl methyl sites for hydroxylation is 2. The molecule has 0 heterocycles. The Bertz CT molecular complexity index is 1750. The molecule has 0 spiro atoms. The van der Waals surface area contributed by atoms with E-state index < -0.39 is 36.1 Å². The molecule has 60 heavy (non-hydrogen) atoms. The van der Waals surface area contributed by atoms with Crippen molar-refractivity contribution in [3.8, 4) is 0 Å². The van der Waals surface area contributed by atoms with Gasteiger partial charge in [0.15, 0.2) is 0 Å². The number of nitrogens with one attached hydrogen (secondary N) is 4. The number of carboxylic acid groups (broad SMARTS) is 1. The number of rotatable bonds is 19. The van der Waals surface area contributed by atoms with Gasteiger partial charge in [-0.3, -0.25) is 0 Å². The van der Waals surface area contributed by atoms with Crippen molar-refractivity contribution in [2.45, 2.75) is 160 Å². The van der Waals surface area contributed by atoms with E-state index in [0.717, 1.165) is 122 Å². The second-order valence-electron chi connectivity index (χ2n) is 17.0. The normalized spacial score (nSPS) is 18.6. The van der Waals surface area contributed by atoms with Gasteiger partial charge < -0.3 is 0 Å². The Morgan fingerprint density at radius 2 is 1.07 bits per heavy atom. The molecule has 12 nitrogen and oxygen atoms in total. The van der Waals surface area contributed by atoms with Gasteiger partial charge in [-0.2, -0.15) is 0 Å². The van der Waals surface area contributed by atoms with Crippen LogP contribution in [0.3, 0.4) is 0 Å². The molecule has 0 aromatic heterocycles. The maximum absolute atomic E-state index is 13.2. The number of hydrogen-bond acceptors (Lipinski definition) is 9. The van der Waals surface area contributed by atoms with Crippen molar-refractivity contribution in [2.75, 3.05) is 19.5 Å². The average molecular weight is 825 g/mol. The van der Waals surface area contributed by atoms with Gasteiger partial charge in [-0.25, -0.2) is 0 Å². The van der Waals surface area contributed by atoms with Gasteiger partial charge in [0, 0.05) is 0 Å². The number of aliphatic carboxylic acids is 1. The molecule has 0 unspecified atom stereocenters. The zero-order chi connectivity index (χ0) is 42.7. The molecule has 2 aromatic carbocycles. The molecule has 2 saturated carbocycles. The summed E-state index contributed by atoms with van der Waals surface area (Å²) in [6.07, 6.45) is 20.1. The fourth-order valence-electron chi connectivity index (χ4n) is 9.93. The summed E-state index contributed by atoms with van der Waals surface area (Å²) < 4.78 is 27.1. The van der Waals surface area contributed by atoms with Crippen molar-refractivity contribution in [3.05, 3.63) is 69.8 Å². The van der Waals surface area contributed by atoms with E-state index in [0.29, 0.717) is 6.42 Å². The first-order valence-electron chi connectivity index (χ1n) is 22.8. The number of esters is 1. The third-order valence-electron chi connectivity index (χ3n) is 13.0. The molecular weight excluding hydrogens is 758 g/mol. The van der Waals surface area contributed by atoms with Crippen molar-refractivity contribution in [3.63, 3.8) is 0 Å². The summed E-state index contributed by atoms with van der Waals surface area (Å²) in [5, 5.41) is 21.6. The van der Waals surface area contributed by atoms with Crippen LogP contribution in [-0.4, -0.2) is 86.8 Å². The number of hydrogen-bond donors (Lipinski definition) is 5. The molecule has 4 aliphatic carbocycles.